The van der Waals surface area contributed by atoms with Gasteiger partial charge >= 0.3 is 0 Å². The molecule has 1 atom stereocenters. The van der Waals surface area contributed by atoms with Crippen LogP contribution in [0.3, 0.4) is 0 Å². The predicted octanol–water partition coefficient (Wildman–Crippen LogP) is 2.18. The largest absolute Gasteiger partial charge is 0.317 e. The second-order valence-corrected chi connectivity index (χ2v) is 5.44. The average Bonchev–Trinajstić information content (AvgIpc) is 2.69. The van der Waals surface area contributed by atoms with Crippen molar-refractivity contribution in [2.75, 3.05) is 7.05 Å². The molecule has 0 aliphatic heterocycles. The molecule has 1 aliphatic rings. The number of likely N-dealkylation sites (N-methyl/N-ethyl adjacent to an activating group) is 1. The van der Waals surface area contributed by atoms with Gasteiger partial charge in [-0.05, 0) is 33.2 Å². The molecule has 1 aliphatic carbocycles. The monoisotopic (exact) mass is 236 g/mol. The van der Waals surface area contributed by atoms with E-state index in [-0.39, 0.29) is 0 Å². The number of hydrogen-bond acceptors (Lipinski definition) is 3. The lowest BCUT2D eigenvalue weighted by molar-refractivity contribution is 0.261. The van der Waals surface area contributed by atoms with Crippen molar-refractivity contribution in [3.05, 3.63) is 12.2 Å². The highest BCUT2D eigenvalue weighted by molar-refractivity contribution is 4.92. The Morgan fingerprint density at radius 3 is 2.76 bits per heavy atom. The molecule has 0 bridgehead atoms. The molecule has 1 unspecified atom stereocenters. The van der Waals surface area contributed by atoms with Gasteiger partial charge in [0.25, 0.3) is 0 Å². The molecule has 1 N–H and O–H groups in total. The summed E-state index contributed by atoms with van der Waals surface area (Å²) in [7, 11) is 2.05. The van der Waals surface area contributed by atoms with Crippen molar-refractivity contribution < 1.29 is 0 Å². The van der Waals surface area contributed by atoms with E-state index in [9.17, 15) is 0 Å². The van der Waals surface area contributed by atoms with Crippen molar-refractivity contribution in [2.45, 2.75) is 58.0 Å². The van der Waals surface area contributed by atoms with Gasteiger partial charge in [-0.3, -0.25) is 0 Å². The van der Waals surface area contributed by atoms with E-state index >= 15 is 0 Å². The third kappa shape index (κ3) is 3.06. The normalized spacial score (nSPS) is 18.4. The van der Waals surface area contributed by atoms with Crippen LogP contribution in [0.1, 0.15) is 51.4 Å². The SMILES string of the molecule is CNC(Cc1ncnn1C(C)C)CC1CCC1. The van der Waals surface area contributed by atoms with Gasteiger partial charge in [-0.25, -0.2) is 9.67 Å². The minimum absolute atomic E-state index is 0.397. The smallest absolute Gasteiger partial charge is 0.138 e. The Hall–Kier alpha value is -0.900. The summed E-state index contributed by atoms with van der Waals surface area (Å²) in [5.41, 5.74) is 0. The van der Waals surface area contributed by atoms with E-state index in [0.29, 0.717) is 12.1 Å². The molecule has 2 rings (SSSR count). The number of aromatic nitrogens is 3. The second-order valence-electron chi connectivity index (χ2n) is 5.44. The lowest BCUT2D eigenvalue weighted by Gasteiger charge is -2.29. The van der Waals surface area contributed by atoms with Gasteiger partial charge in [0, 0.05) is 18.5 Å². The summed E-state index contributed by atoms with van der Waals surface area (Å²) in [4.78, 5) is 4.39. The Kier molecular flexibility index (Phi) is 4.15. The summed E-state index contributed by atoms with van der Waals surface area (Å²) in [5.74, 6) is 2.04. The van der Waals surface area contributed by atoms with Crippen LogP contribution in [0.15, 0.2) is 6.33 Å². The minimum Gasteiger partial charge on any atom is -0.317 e. The maximum atomic E-state index is 4.39. The van der Waals surface area contributed by atoms with Crippen LogP contribution >= 0.6 is 0 Å². The molecular formula is C13H24N4. The van der Waals surface area contributed by atoms with E-state index in [1.807, 2.05) is 4.68 Å². The van der Waals surface area contributed by atoms with E-state index in [1.54, 1.807) is 6.33 Å². The highest BCUT2D eigenvalue weighted by Crippen LogP contribution is 2.31. The molecule has 1 heterocycles. The van der Waals surface area contributed by atoms with Crippen LogP contribution in [0.25, 0.3) is 0 Å². The Labute approximate surface area is 104 Å². The molecule has 1 fully saturated rings. The van der Waals surface area contributed by atoms with Crippen LogP contribution in [0.5, 0.6) is 0 Å². The fourth-order valence-corrected chi connectivity index (χ4v) is 2.51. The first-order valence-electron chi connectivity index (χ1n) is 6.76. The average molecular weight is 236 g/mol. The predicted molar refractivity (Wildman–Crippen MR) is 68.9 cm³/mol. The Balaban J connectivity index is 1.94. The van der Waals surface area contributed by atoms with Gasteiger partial charge in [-0.2, -0.15) is 5.10 Å². The molecule has 0 spiro atoms. The highest BCUT2D eigenvalue weighted by atomic mass is 15.3. The van der Waals surface area contributed by atoms with Gasteiger partial charge in [-0.1, -0.05) is 19.3 Å². The summed E-state index contributed by atoms with van der Waals surface area (Å²) >= 11 is 0. The molecule has 4 heteroatoms. The molecule has 4 nitrogen and oxygen atoms in total. The summed E-state index contributed by atoms with van der Waals surface area (Å²) < 4.78 is 2.03. The molecule has 17 heavy (non-hydrogen) atoms. The summed E-state index contributed by atoms with van der Waals surface area (Å²) in [6.45, 7) is 4.30. The van der Waals surface area contributed by atoms with Gasteiger partial charge < -0.3 is 5.32 Å². The van der Waals surface area contributed by atoms with Gasteiger partial charge in [0.05, 0.1) is 0 Å². The summed E-state index contributed by atoms with van der Waals surface area (Å²) in [6.07, 6.45) is 8.19. The molecule has 1 aromatic heterocycles. The van der Waals surface area contributed by atoms with Gasteiger partial charge in [-0.15, -0.1) is 0 Å². The molecule has 96 valence electrons. The Bertz CT molecular complexity index is 341. The first-order chi connectivity index (χ1) is 8.20. The number of nitrogens with zero attached hydrogens (tertiary/aromatic N) is 3. The Morgan fingerprint density at radius 1 is 1.47 bits per heavy atom. The van der Waals surface area contributed by atoms with Crippen molar-refractivity contribution >= 4 is 0 Å². The Morgan fingerprint density at radius 2 is 2.24 bits per heavy atom. The van der Waals surface area contributed by atoms with Crippen LogP contribution < -0.4 is 5.32 Å². The van der Waals surface area contributed by atoms with Crippen molar-refractivity contribution in [2.24, 2.45) is 5.92 Å². The zero-order valence-electron chi connectivity index (χ0n) is 11.2. The number of nitrogens with one attached hydrogen (secondary N) is 1. The van der Waals surface area contributed by atoms with Crippen LogP contribution in [0, 0.1) is 5.92 Å². The van der Waals surface area contributed by atoms with Crippen molar-refractivity contribution in [3.63, 3.8) is 0 Å². The molecule has 1 aromatic rings. The molecular weight excluding hydrogens is 212 g/mol. The van der Waals surface area contributed by atoms with Crippen LogP contribution in [-0.2, 0) is 6.42 Å². The van der Waals surface area contributed by atoms with E-state index in [1.165, 1.54) is 25.7 Å². The van der Waals surface area contributed by atoms with Gasteiger partial charge in [0.15, 0.2) is 0 Å². The molecule has 1 saturated carbocycles. The lowest BCUT2D eigenvalue weighted by Crippen LogP contribution is -2.33. The summed E-state index contributed by atoms with van der Waals surface area (Å²) in [6, 6.07) is 0.940. The first-order valence-corrected chi connectivity index (χ1v) is 6.76. The molecule has 0 saturated heterocycles. The number of hydrogen-bond donors (Lipinski definition) is 1. The third-order valence-electron chi connectivity index (χ3n) is 3.82. The molecule has 0 amide bonds. The third-order valence-corrected chi connectivity index (χ3v) is 3.82. The molecule has 0 aromatic carbocycles. The lowest BCUT2D eigenvalue weighted by atomic mass is 9.80. The van der Waals surface area contributed by atoms with Crippen molar-refractivity contribution in [3.8, 4) is 0 Å². The maximum Gasteiger partial charge on any atom is 0.138 e. The standard InChI is InChI=1S/C13H24N4/c1-10(2)17-13(15-9-16-17)8-12(14-3)7-11-5-4-6-11/h9-12,14H,4-8H2,1-3H3. The zero-order chi connectivity index (χ0) is 12.3. The highest BCUT2D eigenvalue weighted by Gasteiger charge is 2.22. The second kappa shape index (κ2) is 5.63. The first kappa shape index (κ1) is 12.6. The zero-order valence-corrected chi connectivity index (χ0v) is 11.2. The van der Waals surface area contributed by atoms with Crippen LogP contribution in [-0.4, -0.2) is 27.9 Å². The summed E-state index contributed by atoms with van der Waals surface area (Å²) in [5, 5.41) is 7.72. The van der Waals surface area contributed by atoms with Crippen LogP contribution in [0.2, 0.25) is 0 Å². The van der Waals surface area contributed by atoms with E-state index < -0.39 is 0 Å². The van der Waals surface area contributed by atoms with E-state index in [0.717, 1.165) is 18.2 Å². The van der Waals surface area contributed by atoms with Crippen molar-refractivity contribution in [1.82, 2.24) is 20.1 Å². The van der Waals surface area contributed by atoms with Gasteiger partial charge in [0.1, 0.15) is 12.2 Å². The maximum absolute atomic E-state index is 4.39. The van der Waals surface area contributed by atoms with E-state index in [4.69, 9.17) is 0 Å². The topological polar surface area (TPSA) is 42.7 Å². The number of rotatable bonds is 6. The fourth-order valence-electron chi connectivity index (χ4n) is 2.51. The van der Waals surface area contributed by atoms with E-state index in [2.05, 4.69) is 36.3 Å². The minimum atomic E-state index is 0.397. The molecule has 0 radical (unpaired) electrons. The van der Waals surface area contributed by atoms with Crippen LogP contribution in [0.4, 0.5) is 0 Å². The fraction of sp³-hybridized carbons (Fsp3) is 0.846. The van der Waals surface area contributed by atoms with Gasteiger partial charge in [0.2, 0.25) is 0 Å². The quantitative estimate of drug-likeness (QED) is 0.823. The van der Waals surface area contributed by atoms with Crippen molar-refractivity contribution in [1.29, 1.82) is 0 Å².